The number of aliphatic carboxylic acids is 1. The lowest BCUT2D eigenvalue weighted by molar-refractivity contribution is -0.203. The third kappa shape index (κ3) is 12.9. The van der Waals surface area contributed by atoms with Gasteiger partial charge < -0.3 is 55.9 Å². The van der Waals surface area contributed by atoms with Gasteiger partial charge >= 0.3 is 16.4 Å². The molecule has 0 spiro atoms. The number of benzene rings is 1. The number of carbonyl (C=O) groups is 6. The largest absolute Gasteiger partial charge is 0.480 e. The molecule has 0 radical (unpaired) electrons. The van der Waals surface area contributed by atoms with Crippen molar-refractivity contribution in [2.24, 2.45) is 5.92 Å². The topological polar surface area (TPSA) is 316 Å². The van der Waals surface area contributed by atoms with Crippen LogP contribution in [0.1, 0.15) is 39.7 Å². The minimum absolute atomic E-state index is 0.284. The molecule has 0 aliphatic carbocycles. The average molecular weight is 720 g/mol. The van der Waals surface area contributed by atoms with Crippen LogP contribution < -0.4 is 30.8 Å². The minimum atomic E-state index is -4.83. The van der Waals surface area contributed by atoms with Gasteiger partial charge in [0.1, 0.15) is 48.2 Å². The van der Waals surface area contributed by atoms with Gasteiger partial charge in [-0.25, -0.2) is 4.79 Å². The van der Waals surface area contributed by atoms with Crippen LogP contribution in [0.4, 0.5) is 0 Å². The molecule has 1 aliphatic rings. The zero-order valence-electron chi connectivity index (χ0n) is 26.9. The average Bonchev–Trinajstić information content (AvgIpc) is 2.98. The molecule has 5 amide bonds. The molecule has 1 heterocycles. The molecule has 8 atom stereocenters. The highest BCUT2D eigenvalue weighted by atomic mass is 32.3. The van der Waals surface area contributed by atoms with Crippen LogP contribution in [0.2, 0.25) is 0 Å². The van der Waals surface area contributed by atoms with Crippen LogP contribution in [0.25, 0.3) is 0 Å². The molecule has 0 aromatic heterocycles. The summed E-state index contributed by atoms with van der Waals surface area (Å²) in [7, 11) is -4.83. The lowest BCUT2D eigenvalue weighted by Crippen LogP contribution is -2.68. The van der Waals surface area contributed by atoms with E-state index in [1.54, 1.807) is 0 Å². The van der Waals surface area contributed by atoms with Crippen molar-refractivity contribution in [2.75, 3.05) is 6.61 Å². The van der Waals surface area contributed by atoms with E-state index in [2.05, 4.69) is 30.8 Å². The molecule has 1 aromatic rings. The van der Waals surface area contributed by atoms with Gasteiger partial charge in [0, 0.05) is 20.3 Å². The van der Waals surface area contributed by atoms with Gasteiger partial charge in [-0.1, -0.05) is 26.0 Å². The number of carboxylic acid groups (broad SMARTS) is 1. The molecular weight excluding hydrogens is 678 g/mol. The van der Waals surface area contributed by atoms with E-state index < -0.39 is 114 Å². The molecule has 0 saturated carbocycles. The van der Waals surface area contributed by atoms with Crippen LogP contribution in [-0.4, -0.2) is 124 Å². The van der Waals surface area contributed by atoms with Crippen LogP contribution in [0, 0.1) is 5.92 Å². The Bertz CT molecular complexity index is 1470. The molecule has 8 unspecified atom stereocenters. The number of amides is 5. The highest BCUT2D eigenvalue weighted by Gasteiger charge is 2.45. The summed E-state index contributed by atoms with van der Waals surface area (Å²) in [6, 6.07) is -1.07. The first-order chi connectivity index (χ1) is 22.7. The Hall–Kier alpha value is -4.41. The van der Waals surface area contributed by atoms with Crippen molar-refractivity contribution in [1.82, 2.24) is 26.6 Å². The number of nitrogens with one attached hydrogen (secondary N) is 5. The van der Waals surface area contributed by atoms with Crippen molar-refractivity contribution < 1.29 is 71.1 Å². The minimum Gasteiger partial charge on any atom is -0.480 e. The zero-order valence-corrected chi connectivity index (χ0v) is 27.7. The summed E-state index contributed by atoms with van der Waals surface area (Å²) < 4.78 is 40.7. The molecule has 10 N–H and O–H groups in total. The number of aliphatic hydroxyl groups excluding tert-OH is 3. The van der Waals surface area contributed by atoms with Crippen molar-refractivity contribution in [3.05, 3.63) is 29.8 Å². The molecule has 20 nitrogen and oxygen atoms in total. The van der Waals surface area contributed by atoms with Crippen LogP contribution in [0.3, 0.4) is 0 Å². The van der Waals surface area contributed by atoms with E-state index in [-0.39, 0.29) is 12.2 Å². The van der Waals surface area contributed by atoms with Gasteiger partial charge in [0.15, 0.2) is 6.23 Å². The molecule has 1 aromatic carbocycles. The lowest BCUT2D eigenvalue weighted by atomic mass is 9.95. The van der Waals surface area contributed by atoms with Crippen LogP contribution in [0.5, 0.6) is 5.75 Å². The fraction of sp³-hybridized carbons (Fsp3) is 0.571. The first kappa shape index (κ1) is 40.8. The number of hydrogen-bond acceptors (Lipinski definition) is 13. The van der Waals surface area contributed by atoms with E-state index in [0.717, 1.165) is 26.0 Å². The highest BCUT2D eigenvalue weighted by molar-refractivity contribution is 7.81. The van der Waals surface area contributed by atoms with E-state index in [4.69, 9.17) is 9.29 Å². The second-order valence-electron chi connectivity index (χ2n) is 11.5. The summed E-state index contributed by atoms with van der Waals surface area (Å²) in [5.74, 6) is -6.67. The van der Waals surface area contributed by atoms with E-state index in [1.165, 1.54) is 26.0 Å². The van der Waals surface area contributed by atoms with Crippen LogP contribution in [0.15, 0.2) is 24.3 Å². The predicted octanol–water partition coefficient (Wildman–Crippen LogP) is -3.92. The summed E-state index contributed by atoms with van der Waals surface area (Å²) in [4.78, 5) is 75.3. The van der Waals surface area contributed by atoms with Gasteiger partial charge in [0.2, 0.25) is 29.5 Å². The molecule has 49 heavy (non-hydrogen) atoms. The Kier molecular flexibility index (Phi) is 14.8. The first-order valence-electron chi connectivity index (χ1n) is 14.8. The number of aliphatic hydroxyl groups is 3. The molecule has 1 aliphatic heterocycles. The molecule has 21 heteroatoms. The van der Waals surface area contributed by atoms with E-state index in [9.17, 15) is 57.6 Å². The number of rotatable bonds is 16. The maximum Gasteiger partial charge on any atom is 0.446 e. The predicted molar refractivity (Wildman–Crippen MR) is 164 cm³/mol. The van der Waals surface area contributed by atoms with Gasteiger partial charge in [-0.3, -0.25) is 28.5 Å². The normalized spacial score (nSPS) is 22.5. The van der Waals surface area contributed by atoms with Crippen LogP contribution >= 0.6 is 0 Å². The quantitative estimate of drug-likeness (QED) is 0.0730. The Morgan fingerprint density at radius 3 is 1.96 bits per heavy atom. The third-order valence-electron chi connectivity index (χ3n) is 7.11. The SMILES string of the molecule is CC(=O)NC(CC(=O)NC1OC(CO)C(O)C(O)C1NC(C)=O)C(=O)NC(Cc1ccc(OS(=O)(=O)O)cc1)C(=O)NC(C(=O)O)C(C)C. The number of carboxylic acids is 1. The molecular formula is C28H41N5O15S. The summed E-state index contributed by atoms with van der Waals surface area (Å²) in [5.41, 5.74) is 0.297. The fourth-order valence-corrected chi connectivity index (χ4v) is 5.13. The summed E-state index contributed by atoms with van der Waals surface area (Å²) in [5, 5.41) is 51.4. The number of hydrogen-bond donors (Lipinski definition) is 10. The molecule has 274 valence electrons. The standard InChI is InChI=1S/C28H41N5O15S/c1-12(2)21(28(42)43)33-26(41)17(9-15-5-7-16(8-6-15)48-49(44,45)46)31-25(40)18(29-13(3)35)10-20(37)32-27-22(30-14(4)36)24(39)23(38)19(11-34)47-27/h5-8,12,17-19,21-24,27,34,38-39H,9-11H2,1-4H3,(H,29,35)(H,30,36)(H,31,40)(H,32,37)(H,33,41)(H,42,43)(H,44,45,46). The summed E-state index contributed by atoms with van der Waals surface area (Å²) in [6.07, 6.45) is -7.32. The molecule has 2 rings (SSSR count). The third-order valence-corrected chi connectivity index (χ3v) is 7.51. The van der Waals surface area contributed by atoms with E-state index in [1.807, 2.05) is 0 Å². The fourth-order valence-electron chi connectivity index (χ4n) is 4.78. The Balaban J connectivity index is 2.33. The zero-order chi connectivity index (χ0) is 37.2. The molecule has 0 bridgehead atoms. The maximum absolute atomic E-state index is 13.5. The number of ether oxygens (including phenoxy) is 1. The van der Waals surface area contributed by atoms with Crippen molar-refractivity contribution in [1.29, 1.82) is 0 Å². The second-order valence-corrected chi connectivity index (χ2v) is 12.5. The van der Waals surface area contributed by atoms with Crippen LogP contribution in [-0.2, 0) is 50.3 Å². The van der Waals surface area contributed by atoms with Gasteiger partial charge in [-0.2, -0.15) is 8.42 Å². The smallest absolute Gasteiger partial charge is 0.446 e. The van der Waals surface area contributed by atoms with Gasteiger partial charge in [0.25, 0.3) is 0 Å². The van der Waals surface area contributed by atoms with Gasteiger partial charge in [-0.15, -0.1) is 0 Å². The monoisotopic (exact) mass is 719 g/mol. The Labute approximate surface area is 280 Å². The van der Waals surface area contributed by atoms with E-state index in [0.29, 0.717) is 5.56 Å². The van der Waals surface area contributed by atoms with Gasteiger partial charge in [0.05, 0.1) is 13.0 Å². The molecule has 1 saturated heterocycles. The van der Waals surface area contributed by atoms with E-state index >= 15 is 0 Å². The summed E-state index contributed by atoms with van der Waals surface area (Å²) in [6.45, 7) is 4.43. The maximum atomic E-state index is 13.5. The lowest BCUT2D eigenvalue weighted by Gasteiger charge is -2.42. The van der Waals surface area contributed by atoms with Crippen molar-refractivity contribution in [3.8, 4) is 5.75 Å². The summed E-state index contributed by atoms with van der Waals surface area (Å²) >= 11 is 0. The number of carbonyl (C=O) groups excluding carboxylic acids is 5. The Morgan fingerprint density at radius 1 is 0.878 bits per heavy atom. The Morgan fingerprint density at radius 2 is 1.47 bits per heavy atom. The van der Waals surface area contributed by atoms with Crippen molar-refractivity contribution >= 4 is 45.9 Å². The second kappa shape index (κ2) is 17.8. The highest BCUT2D eigenvalue weighted by Crippen LogP contribution is 2.20. The van der Waals surface area contributed by atoms with Crippen molar-refractivity contribution in [2.45, 2.75) is 89.2 Å². The molecule has 1 fully saturated rings. The van der Waals surface area contributed by atoms with Crippen molar-refractivity contribution in [3.63, 3.8) is 0 Å². The van der Waals surface area contributed by atoms with Gasteiger partial charge in [-0.05, 0) is 23.6 Å². The first-order valence-corrected chi connectivity index (χ1v) is 16.1.